The molecule has 1 aromatic carbocycles. The Kier molecular flexibility index (Phi) is 4.21. The van der Waals surface area contributed by atoms with Crippen LogP contribution in [0.25, 0.3) is 0 Å². The average molecular weight is 305 g/mol. The molecule has 0 spiro atoms. The van der Waals surface area contributed by atoms with Crippen LogP contribution in [-0.2, 0) is 9.53 Å². The third kappa shape index (κ3) is 2.53. The fraction of sp³-hybridized carbons (Fsp3) is 0.588. The van der Waals surface area contributed by atoms with Crippen molar-refractivity contribution < 1.29 is 19.7 Å². The van der Waals surface area contributed by atoms with Crippen molar-refractivity contribution >= 4 is 5.97 Å². The molecule has 1 aromatic rings. The molecule has 0 radical (unpaired) electrons. The van der Waals surface area contributed by atoms with E-state index >= 15 is 0 Å². The molecule has 2 N–H and O–H groups in total. The van der Waals surface area contributed by atoms with Crippen molar-refractivity contribution in [1.82, 2.24) is 4.90 Å². The quantitative estimate of drug-likeness (QED) is 0.815. The molecule has 6 atom stereocenters. The Morgan fingerprint density at radius 2 is 2.00 bits per heavy atom. The smallest absolute Gasteiger partial charge is 0.302 e. The Morgan fingerprint density at radius 1 is 1.32 bits per heavy atom. The lowest BCUT2D eigenvalue weighted by molar-refractivity contribution is -0.147. The second-order valence-electron chi connectivity index (χ2n) is 6.35. The van der Waals surface area contributed by atoms with Crippen molar-refractivity contribution in [2.45, 2.75) is 50.6 Å². The number of fused-ring (bicyclic) bond motifs is 2. The van der Waals surface area contributed by atoms with Crippen molar-refractivity contribution in [3.05, 3.63) is 35.9 Å². The monoisotopic (exact) mass is 305 g/mol. The van der Waals surface area contributed by atoms with Gasteiger partial charge in [-0.1, -0.05) is 30.3 Å². The van der Waals surface area contributed by atoms with Crippen LogP contribution in [0.2, 0.25) is 0 Å². The minimum atomic E-state index is -0.732. The van der Waals surface area contributed by atoms with Gasteiger partial charge in [-0.25, -0.2) is 0 Å². The Morgan fingerprint density at radius 3 is 2.64 bits per heavy atom. The number of aliphatic hydroxyl groups is 2. The van der Waals surface area contributed by atoms with Gasteiger partial charge in [0.2, 0.25) is 0 Å². The summed E-state index contributed by atoms with van der Waals surface area (Å²) >= 11 is 0. The van der Waals surface area contributed by atoms with E-state index < -0.39 is 12.2 Å². The van der Waals surface area contributed by atoms with E-state index in [1.54, 1.807) is 0 Å². The number of carbonyl (C=O) groups excluding carboxylic acids is 1. The number of benzene rings is 1. The Labute approximate surface area is 130 Å². The van der Waals surface area contributed by atoms with Crippen LogP contribution < -0.4 is 0 Å². The molecule has 2 fully saturated rings. The standard InChI is InChI=1S/C17H23NO4/c1-10(12-6-4-3-5-7-12)18-14-8-13(16(20)17(14)21)15(18)9-22-11(2)19/h3-7,10,13-17,20-21H,8-9H2,1-2H3/t10-,13+,14+,15-,16+,17-/m1/s1. The first-order valence-corrected chi connectivity index (χ1v) is 7.82. The van der Waals surface area contributed by atoms with Crippen LogP contribution in [-0.4, -0.2) is 52.0 Å². The number of aliphatic hydroxyl groups excluding tert-OH is 2. The summed E-state index contributed by atoms with van der Waals surface area (Å²) in [6.45, 7) is 3.75. The summed E-state index contributed by atoms with van der Waals surface area (Å²) in [6.07, 6.45) is -0.722. The Balaban J connectivity index is 1.84. The number of rotatable bonds is 4. The molecule has 5 heteroatoms. The lowest BCUT2D eigenvalue weighted by atomic mass is 9.92. The van der Waals surface area contributed by atoms with Gasteiger partial charge in [-0.3, -0.25) is 9.69 Å². The molecule has 2 aliphatic rings. The van der Waals surface area contributed by atoms with Crippen molar-refractivity contribution in [3.8, 4) is 0 Å². The van der Waals surface area contributed by atoms with E-state index in [0.29, 0.717) is 0 Å². The molecular formula is C17H23NO4. The maximum atomic E-state index is 11.1. The predicted molar refractivity (Wildman–Crippen MR) is 81.0 cm³/mol. The summed E-state index contributed by atoms with van der Waals surface area (Å²) in [5.74, 6) is -0.365. The second kappa shape index (κ2) is 5.99. The number of esters is 1. The summed E-state index contributed by atoms with van der Waals surface area (Å²) in [4.78, 5) is 13.4. The van der Waals surface area contributed by atoms with Gasteiger partial charge in [-0.15, -0.1) is 0 Å². The van der Waals surface area contributed by atoms with E-state index in [2.05, 4.69) is 24.0 Å². The van der Waals surface area contributed by atoms with Crippen molar-refractivity contribution in [3.63, 3.8) is 0 Å². The number of hydrogen-bond donors (Lipinski definition) is 2. The maximum Gasteiger partial charge on any atom is 0.302 e. The molecule has 120 valence electrons. The number of carbonyl (C=O) groups is 1. The molecule has 0 unspecified atom stereocenters. The van der Waals surface area contributed by atoms with Gasteiger partial charge in [0, 0.05) is 24.9 Å². The number of likely N-dealkylation sites (tertiary alicyclic amines) is 1. The molecule has 22 heavy (non-hydrogen) atoms. The predicted octanol–water partition coefficient (Wildman–Crippen LogP) is 1.11. The van der Waals surface area contributed by atoms with Crippen LogP contribution in [0.4, 0.5) is 0 Å². The van der Waals surface area contributed by atoms with Crippen molar-refractivity contribution in [2.75, 3.05) is 6.61 Å². The van der Waals surface area contributed by atoms with Crippen LogP contribution in [0, 0.1) is 5.92 Å². The van der Waals surface area contributed by atoms with Crippen molar-refractivity contribution in [2.24, 2.45) is 5.92 Å². The van der Waals surface area contributed by atoms with Gasteiger partial charge in [0.25, 0.3) is 0 Å². The first-order chi connectivity index (χ1) is 10.5. The molecule has 1 saturated heterocycles. The van der Waals surface area contributed by atoms with E-state index in [1.165, 1.54) is 6.92 Å². The van der Waals surface area contributed by atoms with Crippen LogP contribution in [0.15, 0.2) is 30.3 Å². The summed E-state index contributed by atoms with van der Waals surface area (Å²) in [5.41, 5.74) is 1.16. The molecule has 1 aliphatic carbocycles. The zero-order valence-corrected chi connectivity index (χ0v) is 12.9. The molecule has 1 heterocycles. The SMILES string of the molecule is CC(=O)OC[C@@H]1[C@@H]2C[C@@H]([C@@H](O)[C@H]2O)N1[C@H](C)c1ccccc1. The Hall–Kier alpha value is -1.43. The Bertz CT molecular complexity index is 535. The van der Waals surface area contributed by atoms with Gasteiger partial charge in [0.1, 0.15) is 6.61 Å². The highest BCUT2D eigenvalue weighted by Gasteiger charge is 2.57. The van der Waals surface area contributed by atoms with Gasteiger partial charge in [0.05, 0.1) is 18.2 Å². The van der Waals surface area contributed by atoms with Crippen LogP contribution in [0.5, 0.6) is 0 Å². The fourth-order valence-corrected chi connectivity index (χ4v) is 4.08. The van der Waals surface area contributed by atoms with E-state index in [0.717, 1.165) is 12.0 Å². The maximum absolute atomic E-state index is 11.1. The molecule has 2 bridgehead atoms. The minimum absolute atomic E-state index is 0.0505. The van der Waals surface area contributed by atoms with Gasteiger partial charge < -0.3 is 14.9 Å². The number of hydrogen-bond acceptors (Lipinski definition) is 5. The van der Waals surface area contributed by atoms with E-state index in [1.807, 2.05) is 18.2 Å². The number of nitrogens with zero attached hydrogens (tertiary/aromatic N) is 1. The van der Waals surface area contributed by atoms with Gasteiger partial charge in [-0.05, 0) is 18.9 Å². The highest BCUT2D eigenvalue weighted by molar-refractivity contribution is 5.65. The lowest BCUT2D eigenvalue weighted by Gasteiger charge is -2.43. The molecule has 0 aromatic heterocycles. The number of ether oxygens (including phenoxy) is 1. The molecule has 1 aliphatic heterocycles. The van der Waals surface area contributed by atoms with E-state index in [4.69, 9.17) is 4.74 Å². The largest absolute Gasteiger partial charge is 0.464 e. The zero-order valence-electron chi connectivity index (χ0n) is 12.9. The fourth-order valence-electron chi connectivity index (χ4n) is 4.08. The topological polar surface area (TPSA) is 70.0 Å². The molecule has 0 amide bonds. The third-order valence-electron chi connectivity index (χ3n) is 5.14. The van der Waals surface area contributed by atoms with E-state index in [9.17, 15) is 15.0 Å². The van der Waals surface area contributed by atoms with Crippen LogP contribution in [0.1, 0.15) is 31.9 Å². The highest BCUT2D eigenvalue weighted by Crippen LogP contribution is 2.46. The second-order valence-corrected chi connectivity index (χ2v) is 6.35. The van der Waals surface area contributed by atoms with E-state index in [-0.39, 0.29) is 36.6 Å². The zero-order chi connectivity index (χ0) is 15.9. The summed E-state index contributed by atoms with van der Waals surface area (Å²) < 4.78 is 5.20. The minimum Gasteiger partial charge on any atom is -0.464 e. The van der Waals surface area contributed by atoms with Gasteiger partial charge >= 0.3 is 5.97 Å². The van der Waals surface area contributed by atoms with Crippen molar-refractivity contribution in [1.29, 1.82) is 0 Å². The molecular weight excluding hydrogens is 282 g/mol. The summed E-state index contributed by atoms with van der Waals surface area (Å²) in [5, 5.41) is 20.4. The first-order valence-electron chi connectivity index (χ1n) is 7.82. The molecule has 3 rings (SSSR count). The van der Waals surface area contributed by atoms with Gasteiger partial charge in [-0.2, -0.15) is 0 Å². The molecule has 5 nitrogen and oxygen atoms in total. The summed E-state index contributed by atoms with van der Waals surface area (Å²) in [7, 11) is 0. The van der Waals surface area contributed by atoms with Gasteiger partial charge in [0.15, 0.2) is 0 Å². The normalized spacial score (nSPS) is 35.5. The number of piperidine rings is 1. The highest BCUT2D eigenvalue weighted by atomic mass is 16.5. The first kappa shape index (κ1) is 15.5. The molecule has 1 saturated carbocycles. The lowest BCUT2D eigenvalue weighted by Crippen LogP contribution is -2.55. The summed E-state index contributed by atoms with van der Waals surface area (Å²) in [6, 6.07) is 10.0. The van der Waals surface area contributed by atoms with Crippen LogP contribution >= 0.6 is 0 Å². The average Bonchev–Trinajstić information content (AvgIpc) is 3.02. The van der Waals surface area contributed by atoms with Crippen LogP contribution in [0.3, 0.4) is 0 Å². The third-order valence-corrected chi connectivity index (χ3v) is 5.14.